The maximum atomic E-state index is 10.8. The Morgan fingerprint density at radius 1 is 0.696 bits per heavy atom. The van der Waals surface area contributed by atoms with E-state index in [1.807, 2.05) is 36.5 Å². The molecule has 1 N–H and O–H groups in total. The first-order valence-corrected chi connectivity index (χ1v) is 18.2. The van der Waals surface area contributed by atoms with Gasteiger partial charge in [0.1, 0.15) is 19.5 Å². The van der Waals surface area contributed by atoms with Crippen LogP contribution in [0.5, 0.6) is 5.75 Å². The van der Waals surface area contributed by atoms with Crippen LogP contribution in [0.25, 0.3) is 60.8 Å². The van der Waals surface area contributed by atoms with Crippen LogP contribution >= 0.6 is 0 Å². The molecule has 0 aliphatic rings. The Labute approximate surface area is 283 Å². The molecule has 6 heteroatoms. The van der Waals surface area contributed by atoms with Crippen LogP contribution in [0.3, 0.4) is 0 Å². The van der Waals surface area contributed by atoms with Gasteiger partial charge in [-0.15, -0.1) is 35.0 Å². The largest absolute Gasteiger partial charge is 0.506 e. The summed E-state index contributed by atoms with van der Waals surface area (Å²) < 4.78 is 2.05. The fourth-order valence-electron chi connectivity index (χ4n) is 6.42. The number of para-hydroxylation sites is 3. The molecule has 0 atom stereocenters. The van der Waals surface area contributed by atoms with Crippen LogP contribution in [0.1, 0.15) is 0 Å². The summed E-state index contributed by atoms with van der Waals surface area (Å²) in [6, 6.07) is 49.4. The van der Waals surface area contributed by atoms with Crippen LogP contribution in [0, 0.1) is 6.07 Å². The molecule has 226 valence electrons. The second-order valence-corrected chi connectivity index (χ2v) is 16.3. The molecule has 4 nitrogen and oxygen atoms in total. The summed E-state index contributed by atoms with van der Waals surface area (Å²) >= 11 is 0. The molecule has 0 spiro atoms. The summed E-state index contributed by atoms with van der Waals surface area (Å²) in [5, 5.41) is 17.7. The molecule has 0 aliphatic carbocycles. The van der Waals surface area contributed by atoms with Gasteiger partial charge in [-0.1, -0.05) is 98.0 Å². The topological polar surface area (TPSA) is 50.9 Å². The Morgan fingerprint density at radius 3 is 2.30 bits per heavy atom. The first-order chi connectivity index (χ1) is 22.0. The molecule has 0 unspecified atom stereocenters. The molecule has 0 saturated carbocycles. The van der Waals surface area contributed by atoms with Gasteiger partial charge in [0.25, 0.3) is 0 Å². The summed E-state index contributed by atoms with van der Waals surface area (Å²) in [5.74, 6) is 0.215. The van der Waals surface area contributed by atoms with E-state index in [9.17, 15) is 5.11 Å². The number of rotatable bonds is 5. The monoisotopic (exact) mass is 791 g/mol. The number of hydrogen-bond acceptors (Lipinski definition) is 3. The first-order valence-electron chi connectivity index (χ1n) is 15.2. The Kier molecular flexibility index (Phi) is 7.68. The molecular weight excluding hydrogens is 762 g/mol. The zero-order valence-corrected chi connectivity index (χ0v) is 28.7. The van der Waals surface area contributed by atoms with Crippen molar-refractivity contribution in [1.29, 1.82) is 0 Å². The molecule has 5 aromatic carbocycles. The average Bonchev–Trinajstić information content (AvgIpc) is 3.42. The summed E-state index contributed by atoms with van der Waals surface area (Å²) in [5.41, 5.74) is 6.68. The fourth-order valence-corrected chi connectivity index (χ4v) is 8.57. The fraction of sp³-hybridized carbons (Fsp3) is 0.0500. The standard InChI is InChI=1S/C40H30N3OSi.Pt/c1-45(2,39-26-28(23-24-41-39)32-17-10-12-27-11-3-4-15-31(27)32)30-14-9-13-29(25-30)35-22-21-34-33-16-5-6-18-36(33)43(40(34)42-35)37-19-7-8-20-38(37)44;/h3-24,26,44H,1-2H3;/q-1;. The third-order valence-corrected chi connectivity index (χ3v) is 12.1. The number of aromatic hydroxyl groups is 1. The van der Waals surface area contributed by atoms with Crippen molar-refractivity contribution in [3.63, 3.8) is 0 Å². The van der Waals surface area contributed by atoms with Crippen molar-refractivity contribution >= 4 is 51.3 Å². The second kappa shape index (κ2) is 11.8. The Balaban J connectivity index is 0.00000338. The van der Waals surface area contributed by atoms with Crippen molar-refractivity contribution in [2.75, 3.05) is 0 Å². The Hall–Kier alpha value is -4.83. The number of fused-ring (bicyclic) bond motifs is 4. The van der Waals surface area contributed by atoms with E-state index in [1.165, 1.54) is 27.1 Å². The van der Waals surface area contributed by atoms with E-state index >= 15 is 0 Å². The van der Waals surface area contributed by atoms with Crippen LogP contribution in [0.2, 0.25) is 13.1 Å². The maximum Gasteiger partial charge on any atom is 0.139 e. The van der Waals surface area contributed by atoms with Crippen LogP contribution in [0.4, 0.5) is 0 Å². The maximum absolute atomic E-state index is 10.8. The molecule has 0 fully saturated rings. The number of aromatic nitrogens is 3. The predicted molar refractivity (Wildman–Crippen MR) is 188 cm³/mol. The van der Waals surface area contributed by atoms with Gasteiger partial charge in [-0.3, -0.25) is 14.5 Å². The third kappa shape index (κ3) is 4.97. The van der Waals surface area contributed by atoms with Crippen molar-refractivity contribution in [2.45, 2.75) is 13.1 Å². The van der Waals surface area contributed by atoms with Crippen LogP contribution in [0.15, 0.2) is 140 Å². The number of phenols is 1. The molecule has 46 heavy (non-hydrogen) atoms. The van der Waals surface area contributed by atoms with Gasteiger partial charge in [0.15, 0.2) is 0 Å². The number of benzene rings is 5. The van der Waals surface area contributed by atoms with E-state index in [1.54, 1.807) is 6.07 Å². The van der Waals surface area contributed by atoms with Crippen LogP contribution in [-0.2, 0) is 21.1 Å². The van der Waals surface area contributed by atoms with Crippen molar-refractivity contribution in [3.05, 3.63) is 146 Å². The van der Waals surface area contributed by atoms with Crippen LogP contribution < -0.4 is 10.5 Å². The van der Waals surface area contributed by atoms with Crippen molar-refractivity contribution in [2.24, 2.45) is 0 Å². The molecule has 0 amide bonds. The Bertz CT molecular complexity index is 2390. The van der Waals surface area contributed by atoms with E-state index < -0.39 is 8.07 Å². The van der Waals surface area contributed by atoms with Gasteiger partial charge in [0.05, 0.1) is 11.2 Å². The van der Waals surface area contributed by atoms with Crippen molar-refractivity contribution in [3.8, 4) is 33.8 Å². The third-order valence-electron chi connectivity index (χ3n) is 8.89. The smallest absolute Gasteiger partial charge is 0.139 e. The molecular formula is C40H30N3OPtSi-. The average molecular weight is 792 g/mol. The SMILES string of the molecule is C[Si](C)(c1[c-]c(-c2ccc3c4ccccc4n(-c4ccccc4O)c3n2)ccc1)c1cc(-c2cccc3ccccc23)ccn1.[Pt]. The normalized spacial score (nSPS) is 11.6. The zero-order valence-electron chi connectivity index (χ0n) is 25.4. The van der Waals surface area contributed by atoms with E-state index in [0.717, 1.165) is 38.5 Å². The van der Waals surface area contributed by atoms with E-state index in [0.29, 0.717) is 5.69 Å². The number of nitrogens with zero attached hydrogens (tertiary/aromatic N) is 3. The van der Waals surface area contributed by atoms with Crippen LogP contribution in [-0.4, -0.2) is 27.7 Å². The van der Waals surface area contributed by atoms with Gasteiger partial charge in [0, 0.05) is 43.4 Å². The minimum atomic E-state index is -2.24. The molecule has 3 heterocycles. The first kappa shape index (κ1) is 29.9. The van der Waals surface area contributed by atoms with Crippen molar-refractivity contribution in [1.82, 2.24) is 14.5 Å². The van der Waals surface area contributed by atoms with E-state index in [-0.39, 0.29) is 26.8 Å². The molecule has 8 aromatic rings. The van der Waals surface area contributed by atoms with E-state index in [2.05, 4.69) is 121 Å². The number of phenolic OH excluding ortho intramolecular Hbond substituents is 1. The zero-order chi connectivity index (χ0) is 30.5. The van der Waals surface area contributed by atoms with E-state index in [4.69, 9.17) is 9.97 Å². The molecule has 8 rings (SSSR count). The molecule has 0 radical (unpaired) electrons. The minimum Gasteiger partial charge on any atom is -0.506 e. The van der Waals surface area contributed by atoms with Gasteiger partial charge in [0.2, 0.25) is 0 Å². The van der Waals surface area contributed by atoms with Gasteiger partial charge >= 0.3 is 0 Å². The minimum absolute atomic E-state index is 0. The summed E-state index contributed by atoms with van der Waals surface area (Å²) in [6.45, 7) is 4.68. The predicted octanol–water partition coefficient (Wildman–Crippen LogP) is 8.39. The molecule has 0 aliphatic heterocycles. The number of hydrogen-bond donors (Lipinski definition) is 1. The van der Waals surface area contributed by atoms with Gasteiger partial charge in [-0.05, 0) is 57.9 Å². The number of pyridine rings is 2. The van der Waals surface area contributed by atoms with Gasteiger partial charge in [-0.25, -0.2) is 0 Å². The summed E-state index contributed by atoms with van der Waals surface area (Å²) in [4.78, 5) is 10.1. The molecule has 0 saturated heterocycles. The quantitative estimate of drug-likeness (QED) is 0.141. The molecule has 3 aromatic heterocycles. The summed E-state index contributed by atoms with van der Waals surface area (Å²) in [7, 11) is -2.24. The van der Waals surface area contributed by atoms with Gasteiger partial charge < -0.3 is 5.11 Å². The summed E-state index contributed by atoms with van der Waals surface area (Å²) in [6.07, 6.45) is 1.94. The Morgan fingerprint density at radius 2 is 1.43 bits per heavy atom. The van der Waals surface area contributed by atoms with Crippen molar-refractivity contribution < 1.29 is 26.2 Å². The molecule has 0 bridgehead atoms. The second-order valence-electron chi connectivity index (χ2n) is 12.0. The van der Waals surface area contributed by atoms with Gasteiger partial charge in [-0.2, -0.15) is 0 Å².